The van der Waals surface area contributed by atoms with E-state index in [9.17, 15) is 19.2 Å². The molecule has 0 atom stereocenters. The second-order valence-electron chi connectivity index (χ2n) is 9.38. The van der Waals surface area contributed by atoms with E-state index in [1.54, 1.807) is 30.3 Å². The molecular weight excluding hydrogens is 669 g/mol. The van der Waals surface area contributed by atoms with E-state index >= 15 is 0 Å². The Labute approximate surface area is 262 Å². The maximum absolute atomic E-state index is 13.5. The lowest BCUT2D eigenvalue weighted by atomic mass is 10.1. The highest BCUT2D eigenvalue weighted by atomic mass is 127. The maximum atomic E-state index is 13.5. The van der Waals surface area contributed by atoms with Crippen molar-refractivity contribution in [3.63, 3.8) is 0 Å². The molecule has 0 unspecified atom stereocenters. The van der Waals surface area contributed by atoms with E-state index in [4.69, 9.17) is 18.9 Å². The van der Waals surface area contributed by atoms with Crippen LogP contribution in [-0.2, 0) is 14.4 Å². The van der Waals surface area contributed by atoms with Crippen molar-refractivity contribution in [1.29, 1.82) is 0 Å². The molecule has 224 valence electrons. The molecular formula is C31H30IN3O8. The number of urea groups is 1. The average molecular weight is 699 g/mol. The SMILES string of the molecule is CCCOc1ccc(N2C(=O)NC(=O)/C(=C\c3cc(I)c(OCC(=O)Nc4ccc(C)cc4)c(OC)c3)C2=O)cc1OC. The van der Waals surface area contributed by atoms with E-state index in [0.29, 0.717) is 38.7 Å². The number of amides is 5. The second-order valence-corrected chi connectivity index (χ2v) is 10.5. The van der Waals surface area contributed by atoms with Gasteiger partial charge in [-0.2, -0.15) is 0 Å². The zero-order valence-corrected chi connectivity index (χ0v) is 26.1. The van der Waals surface area contributed by atoms with Crippen LogP contribution in [0.1, 0.15) is 24.5 Å². The van der Waals surface area contributed by atoms with Gasteiger partial charge in [-0.3, -0.25) is 19.7 Å². The number of aryl methyl sites for hydroxylation is 1. The first-order valence-corrected chi connectivity index (χ1v) is 14.3. The Morgan fingerprint density at radius 3 is 2.35 bits per heavy atom. The van der Waals surface area contributed by atoms with Gasteiger partial charge in [-0.15, -0.1) is 0 Å². The second kappa shape index (κ2) is 14.1. The molecule has 0 aliphatic carbocycles. The van der Waals surface area contributed by atoms with E-state index in [-0.39, 0.29) is 29.5 Å². The van der Waals surface area contributed by atoms with E-state index < -0.39 is 17.8 Å². The number of rotatable bonds is 11. The number of carbonyl (C=O) groups is 4. The molecule has 12 heteroatoms. The van der Waals surface area contributed by atoms with Crippen LogP contribution < -0.4 is 34.5 Å². The predicted octanol–water partition coefficient (Wildman–Crippen LogP) is 5.09. The van der Waals surface area contributed by atoms with Gasteiger partial charge in [0.1, 0.15) is 5.57 Å². The Kier molecular flexibility index (Phi) is 10.2. The molecule has 5 amide bonds. The molecule has 4 rings (SSSR count). The number of ether oxygens (including phenoxy) is 4. The Hall–Kier alpha value is -4.59. The summed E-state index contributed by atoms with van der Waals surface area (Å²) < 4.78 is 22.8. The van der Waals surface area contributed by atoms with Crippen molar-refractivity contribution in [3.8, 4) is 23.0 Å². The summed E-state index contributed by atoms with van der Waals surface area (Å²) in [5.41, 5.74) is 2.08. The Bertz CT molecular complexity index is 1590. The third kappa shape index (κ3) is 7.44. The summed E-state index contributed by atoms with van der Waals surface area (Å²) in [4.78, 5) is 52.2. The van der Waals surface area contributed by atoms with Crippen LogP contribution >= 0.6 is 22.6 Å². The van der Waals surface area contributed by atoms with Crippen LogP contribution in [0.25, 0.3) is 6.08 Å². The molecule has 0 saturated carbocycles. The lowest BCUT2D eigenvalue weighted by Gasteiger charge is -2.27. The molecule has 0 bridgehead atoms. The third-order valence-corrected chi connectivity index (χ3v) is 7.02. The van der Waals surface area contributed by atoms with Crippen LogP contribution in [0.2, 0.25) is 0 Å². The monoisotopic (exact) mass is 699 g/mol. The van der Waals surface area contributed by atoms with Crippen molar-refractivity contribution in [1.82, 2.24) is 5.32 Å². The molecule has 1 fully saturated rings. The molecule has 3 aromatic carbocycles. The topological polar surface area (TPSA) is 132 Å². The van der Waals surface area contributed by atoms with E-state index in [1.807, 2.05) is 48.6 Å². The summed E-state index contributed by atoms with van der Waals surface area (Å²) in [6, 6.07) is 14.3. The number of carbonyl (C=O) groups excluding carboxylic acids is 4. The highest BCUT2D eigenvalue weighted by molar-refractivity contribution is 14.1. The van der Waals surface area contributed by atoms with Gasteiger partial charge in [0.2, 0.25) is 0 Å². The number of benzene rings is 3. The molecule has 1 aliphatic rings. The van der Waals surface area contributed by atoms with Crippen molar-refractivity contribution in [2.24, 2.45) is 0 Å². The molecule has 0 spiro atoms. The summed E-state index contributed by atoms with van der Waals surface area (Å²) in [5, 5.41) is 4.98. The zero-order chi connectivity index (χ0) is 31.1. The summed E-state index contributed by atoms with van der Waals surface area (Å²) in [7, 11) is 2.88. The van der Waals surface area contributed by atoms with Crippen LogP contribution in [0.15, 0.2) is 60.2 Å². The molecule has 1 saturated heterocycles. The fraction of sp³-hybridized carbons (Fsp3) is 0.226. The Morgan fingerprint density at radius 2 is 1.67 bits per heavy atom. The molecule has 0 radical (unpaired) electrons. The van der Waals surface area contributed by atoms with Crippen molar-refractivity contribution in [3.05, 3.63) is 74.9 Å². The molecule has 43 heavy (non-hydrogen) atoms. The Morgan fingerprint density at radius 1 is 0.953 bits per heavy atom. The third-order valence-electron chi connectivity index (χ3n) is 6.21. The summed E-state index contributed by atoms with van der Waals surface area (Å²) in [5.74, 6) is -0.631. The van der Waals surface area contributed by atoms with Gasteiger partial charge in [0.05, 0.1) is 30.1 Å². The van der Waals surface area contributed by atoms with Gasteiger partial charge in [0.15, 0.2) is 29.6 Å². The number of hydrogen-bond donors (Lipinski definition) is 2. The summed E-state index contributed by atoms with van der Waals surface area (Å²) >= 11 is 2.01. The van der Waals surface area contributed by atoms with Gasteiger partial charge in [-0.1, -0.05) is 24.6 Å². The van der Waals surface area contributed by atoms with E-state index in [1.165, 1.54) is 32.4 Å². The molecule has 0 aromatic heterocycles. The quantitative estimate of drug-likeness (QED) is 0.161. The molecule has 2 N–H and O–H groups in total. The van der Waals surface area contributed by atoms with Gasteiger partial charge in [0, 0.05) is 11.8 Å². The summed E-state index contributed by atoms with van der Waals surface area (Å²) in [6.07, 6.45) is 2.14. The Balaban J connectivity index is 1.56. The number of methoxy groups -OCH3 is 2. The minimum Gasteiger partial charge on any atom is -0.493 e. The molecule has 3 aromatic rings. The van der Waals surface area contributed by atoms with Crippen molar-refractivity contribution < 1.29 is 38.1 Å². The zero-order valence-electron chi connectivity index (χ0n) is 24.0. The van der Waals surface area contributed by atoms with Crippen molar-refractivity contribution >= 4 is 63.8 Å². The van der Waals surface area contributed by atoms with Crippen LogP contribution in [0.3, 0.4) is 0 Å². The maximum Gasteiger partial charge on any atom is 0.335 e. The van der Waals surface area contributed by atoms with E-state index in [2.05, 4.69) is 10.6 Å². The fourth-order valence-corrected chi connectivity index (χ4v) is 4.90. The van der Waals surface area contributed by atoms with Gasteiger partial charge in [0.25, 0.3) is 17.7 Å². The first kappa shape index (κ1) is 31.3. The molecule has 1 aliphatic heterocycles. The number of halogens is 1. The highest BCUT2D eigenvalue weighted by Crippen LogP contribution is 2.36. The van der Waals surface area contributed by atoms with E-state index in [0.717, 1.165) is 16.9 Å². The summed E-state index contributed by atoms with van der Waals surface area (Å²) in [6.45, 7) is 4.11. The lowest BCUT2D eigenvalue weighted by molar-refractivity contribution is -0.122. The first-order valence-electron chi connectivity index (χ1n) is 13.2. The number of nitrogens with zero attached hydrogens (tertiary/aromatic N) is 1. The van der Waals surface area contributed by atoms with Gasteiger partial charge < -0.3 is 24.3 Å². The molecule has 1 heterocycles. The predicted molar refractivity (Wildman–Crippen MR) is 169 cm³/mol. The normalized spacial score (nSPS) is 13.9. The van der Waals surface area contributed by atoms with Crippen LogP contribution in [0.4, 0.5) is 16.2 Å². The number of anilines is 2. The highest BCUT2D eigenvalue weighted by Gasteiger charge is 2.37. The minimum atomic E-state index is -0.892. The van der Waals surface area contributed by atoms with Crippen LogP contribution in [0.5, 0.6) is 23.0 Å². The number of hydrogen-bond acceptors (Lipinski definition) is 8. The minimum absolute atomic E-state index is 0.196. The van der Waals surface area contributed by atoms with Gasteiger partial charge in [-0.05, 0) is 84.0 Å². The lowest BCUT2D eigenvalue weighted by Crippen LogP contribution is -2.54. The average Bonchev–Trinajstić information content (AvgIpc) is 2.98. The standard InChI is InChI=1S/C31H30IN3O8/c1-5-12-42-24-11-10-21(16-25(24)40-3)35-30(38)22(29(37)34-31(35)39)13-19-14-23(32)28(26(15-19)41-4)43-17-27(36)33-20-8-6-18(2)7-9-20/h6-11,13-16H,5,12,17H2,1-4H3,(H,33,36)(H,34,37,39)/b22-13+. The van der Waals surface area contributed by atoms with Gasteiger partial charge >= 0.3 is 6.03 Å². The van der Waals surface area contributed by atoms with Crippen LogP contribution in [0, 0.1) is 10.5 Å². The van der Waals surface area contributed by atoms with Crippen molar-refractivity contribution in [2.45, 2.75) is 20.3 Å². The number of barbiturate groups is 1. The first-order chi connectivity index (χ1) is 20.6. The van der Waals surface area contributed by atoms with Gasteiger partial charge in [-0.25, -0.2) is 9.69 Å². The fourth-order valence-electron chi connectivity index (χ4n) is 4.12. The number of imide groups is 2. The van der Waals surface area contributed by atoms with Crippen LogP contribution in [-0.4, -0.2) is 51.2 Å². The largest absolute Gasteiger partial charge is 0.493 e. The smallest absolute Gasteiger partial charge is 0.335 e. The molecule has 11 nitrogen and oxygen atoms in total. The van der Waals surface area contributed by atoms with Crippen molar-refractivity contribution in [2.75, 3.05) is 37.7 Å². The number of nitrogens with one attached hydrogen (secondary N) is 2.